The second kappa shape index (κ2) is 8.29. The van der Waals surface area contributed by atoms with Gasteiger partial charge in [-0.05, 0) is 29.7 Å². The molecule has 1 aromatic heterocycles. The first-order valence-corrected chi connectivity index (χ1v) is 7.59. The van der Waals surface area contributed by atoms with Crippen molar-refractivity contribution in [3.8, 4) is 5.75 Å². The highest BCUT2D eigenvalue weighted by atomic mass is 16.5. The summed E-state index contributed by atoms with van der Waals surface area (Å²) in [6.07, 6.45) is 0.375. The molecule has 0 aliphatic carbocycles. The Kier molecular flexibility index (Phi) is 6.11. The summed E-state index contributed by atoms with van der Waals surface area (Å²) < 4.78 is 5.34. The predicted octanol–water partition coefficient (Wildman–Crippen LogP) is 2.39. The maximum absolute atomic E-state index is 12.1. The summed E-state index contributed by atoms with van der Waals surface area (Å²) in [5, 5.41) is 11.9. The number of aromatic nitrogens is 1. The molecule has 0 aliphatic heterocycles. The van der Waals surface area contributed by atoms with Gasteiger partial charge in [0.25, 0.3) is 0 Å². The molecule has 0 saturated carbocycles. The summed E-state index contributed by atoms with van der Waals surface area (Å²) in [4.78, 5) is 16.4. The quantitative estimate of drug-likeness (QED) is 0.823. The number of nitrogens with one attached hydrogen (secondary N) is 1. The van der Waals surface area contributed by atoms with Crippen LogP contribution >= 0.6 is 0 Å². The number of carbonyl (C=O) groups excluding carboxylic acids is 1. The van der Waals surface area contributed by atoms with E-state index in [4.69, 9.17) is 9.84 Å². The molecule has 0 aliphatic rings. The van der Waals surface area contributed by atoms with E-state index in [1.807, 2.05) is 43.3 Å². The molecule has 1 aromatic carbocycles. The van der Waals surface area contributed by atoms with Gasteiger partial charge in [-0.2, -0.15) is 0 Å². The van der Waals surface area contributed by atoms with Gasteiger partial charge >= 0.3 is 0 Å². The lowest BCUT2D eigenvalue weighted by atomic mass is 9.96. The number of amides is 1. The van der Waals surface area contributed by atoms with Gasteiger partial charge in [0.2, 0.25) is 5.91 Å². The molecule has 122 valence electrons. The minimum atomic E-state index is -0.105. The van der Waals surface area contributed by atoms with Crippen molar-refractivity contribution in [1.82, 2.24) is 10.3 Å². The third-order valence-corrected chi connectivity index (χ3v) is 3.65. The molecule has 0 bridgehead atoms. The first kappa shape index (κ1) is 17.0. The zero-order chi connectivity index (χ0) is 16.7. The lowest BCUT2D eigenvalue weighted by molar-refractivity contribution is -0.121. The normalized spacial score (nSPS) is 11.8. The molecule has 0 spiro atoms. The number of aliphatic hydroxyl groups excluding tert-OH is 1. The van der Waals surface area contributed by atoms with Crippen molar-refractivity contribution >= 4 is 5.91 Å². The number of aliphatic hydroxyl groups is 1. The van der Waals surface area contributed by atoms with E-state index in [9.17, 15) is 4.79 Å². The number of pyridine rings is 1. The van der Waals surface area contributed by atoms with Gasteiger partial charge in [0.05, 0.1) is 31.6 Å². The molecule has 0 radical (unpaired) electrons. The van der Waals surface area contributed by atoms with Crippen LogP contribution < -0.4 is 10.1 Å². The van der Waals surface area contributed by atoms with Crippen molar-refractivity contribution in [3.05, 3.63) is 59.4 Å². The fourth-order valence-corrected chi connectivity index (χ4v) is 2.44. The van der Waals surface area contributed by atoms with Gasteiger partial charge in [0.1, 0.15) is 5.75 Å². The second-order valence-electron chi connectivity index (χ2n) is 5.40. The number of ether oxygens (including phenoxy) is 1. The van der Waals surface area contributed by atoms with E-state index in [0.29, 0.717) is 18.7 Å². The Balaban J connectivity index is 1.91. The summed E-state index contributed by atoms with van der Waals surface area (Å²) in [6.45, 7) is 2.25. The fourth-order valence-electron chi connectivity index (χ4n) is 2.44. The number of hydrogen-bond acceptors (Lipinski definition) is 4. The lowest BCUT2D eigenvalue weighted by Crippen LogP contribution is -2.24. The molecular weight excluding hydrogens is 292 g/mol. The van der Waals surface area contributed by atoms with Crippen molar-refractivity contribution < 1.29 is 14.6 Å². The summed E-state index contributed by atoms with van der Waals surface area (Å²) in [5.41, 5.74) is 2.35. The Morgan fingerprint density at radius 2 is 1.96 bits per heavy atom. The zero-order valence-electron chi connectivity index (χ0n) is 13.5. The average molecular weight is 314 g/mol. The second-order valence-corrected chi connectivity index (χ2v) is 5.40. The zero-order valence-corrected chi connectivity index (χ0v) is 13.5. The molecule has 5 nitrogen and oxygen atoms in total. The van der Waals surface area contributed by atoms with Crippen LogP contribution in [0.15, 0.2) is 42.5 Å². The molecule has 0 fully saturated rings. The molecule has 1 unspecified atom stereocenters. The molecule has 5 heteroatoms. The van der Waals surface area contributed by atoms with Crippen LogP contribution in [-0.4, -0.2) is 23.1 Å². The smallest absolute Gasteiger partial charge is 0.220 e. The first-order chi connectivity index (χ1) is 11.1. The summed E-state index contributed by atoms with van der Waals surface area (Å²) in [5.74, 6) is 0.813. The number of rotatable bonds is 7. The monoisotopic (exact) mass is 314 g/mol. The Hall–Kier alpha value is -2.40. The maximum Gasteiger partial charge on any atom is 0.220 e. The third-order valence-electron chi connectivity index (χ3n) is 3.65. The van der Waals surface area contributed by atoms with Crippen molar-refractivity contribution in [1.29, 1.82) is 0 Å². The number of methoxy groups -OCH3 is 1. The van der Waals surface area contributed by atoms with Gasteiger partial charge in [-0.15, -0.1) is 0 Å². The average Bonchev–Trinajstić information content (AvgIpc) is 2.60. The van der Waals surface area contributed by atoms with E-state index < -0.39 is 0 Å². The summed E-state index contributed by atoms with van der Waals surface area (Å²) in [7, 11) is 1.63. The number of nitrogens with zero attached hydrogens (tertiary/aromatic N) is 1. The summed E-state index contributed by atoms with van der Waals surface area (Å²) in [6, 6.07) is 13.1. The molecule has 1 amide bonds. The number of para-hydroxylation sites is 1. The van der Waals surface area contributed by atoms with Gasteiger partial charge in [0.15, 0.2) is 0 Å². The Morgan fingerprint density at radius 1 is 1.22 bits per heavy atom. The van der Waals surface area contributed by atoms with Gasteiger partial charge in [-0.1, -0.05) is 31.2 Å². The van der Waals surface area contributed by atoms with Crippen LogP contribution in [0.2, 0.25) is 0 Å². The Morgan fingerprint density at radius 3 is 2.70 bits per heavy atom. The third kappa shape index (κ3) is 4.79. The van der Waals surface area contributed by atoms with E-state index in [1.165, 1.54) is 0 Å². The molecule has 23 heavy (non-hydrogen) atoms. The van der Waals surface area contributed by atoms with Gasteiger partial charge in [-0.25, -0.2) is 0 Å². The SMILES string of the molecule is COc1ccccc1C(C)CC(=O)NCc1cccc(CO)n1. The van der Waals surface area contributed by atoms with E-state index in [2.05, 4.69) is 10.3 Å². The highest BCUT2D eigenvalue weighted by Gasteiger charge is 2.14. The Bertz CT molecular complexity index is 658. The minimum absolute atomic E-state index is 0.0420. The predicted molar refractivity (Wildman–Crippen MR) is 88.0 cm³/mol. The van der Waals surface area contributed by atoms with E-state index >= 15 is 0 Å². The summed E-state index contributed by atoms with van der Waals surface area (Å²) >= 11 is 0. The van der Waals surface area contributed by atoms with E-state index in [1.54, 1.807) is 13.2 Å². The van der Waals surface area contributed by atoms with Crippen LogP contribution in [0.5, 0.6) is 5.75 Å². The molecule has 1 atom stereocenters. The lowest BCUT2D eigenvalue weighted by Gasteiger charge is -2.15. The maximum atomic E-state index is 12.1. The van der Waals surface area contributed by atoms with Crippen molar-refractivity contribution in [2.45, 2.75) is 32.4 Å². The highest BCUT2D eigenvalue weighted by molar-refractivity contribution is 5.76. The first-order valence-electron chi connectivity index (χ1n) is 7.59. The fraction of sp³-hybridized carbons (Fsp3) is 0.333. The van der Waals surface area contributed by atoms with Gasteiger partial charge in [0, 0.05) is 6.42 Å². The minimum Gasteiger partial charge on any atom is -0.496 e. The molecule has 0 saturated heterocycles. The highest BCUT2D eigenvalue weighted by Crippen LogP contribution is 2.28. The van der Waals surface area contributed by atoms with Crippen LogP contribution in [0.3, 0.4) is 0 Å². The van der Waals surface area contributed by atoms with Crippen LogP contribution in [0.1, 0.15) is 36.2 Å². The van der Waals surface area contributed by atoms with Crippen molar-refractivity contribution in [2.24, 2.45) is 0 Å². The van der Waals surface area contributed by atoms with Gasteiger partial charge in [-0.3, -0.25) is 9.78 Å². The van der Waals surface area contributed by atoms with Gasteiger partial charge < -0.3 is 15.2 Å². The molecule has 2 aromatic rings. The van der Waals surface area contributed by atoms with Crippen molar-refractivity contribution in [3.63, 3.8) is 0 Å². The standard InChI is InChI=1S/C18H22N2O3/c1-13(16-8-3-4-9-17(16)23-2)10-18(22)19-11-14-6-5-7-15(12-21)20-14/h3-9,13,21H,10-12H2,1-2H3,(H,19,22). The van der Waals surface area contributed by atoms with E-state index in [-0.39, 0.29) is 18.4 Å². The molecular formula is C18H22N2O3. The van der Waals surface area contributed by atoms with Crippen LogP contribution in [0.25, 0.3) is 0 Å². The number of carbonyl (C=O) groups is 1. The van der Waals surface area contributed by atoms with Crippen LogP contribution in [0.4, 0.5) is 0 Å². The number of benzene rings is 1. The largest absolute Gasteiger partial charge is 0.496 e. The molecule has 2 N–H and O–H groups in total. The molecule has 1 heterocycles. The topological polar surface area (TPSA) is 71.5 Å². The van der Waals surface area contributed by atoms with E-state index in [0.717, 1.165) is 17.0 Å². The Labute approximate surface area is 136 Å². The van der Waals surface area contributed by atoms with Crippen LogP contribution in [0, 0.1) is 0 Å². The van der Waals surface area contributed by atoms with Crippen molar-refractivity contribution in [2.75, 3.05) is 7.11 Å². The molecule has 2 rings (SSSR count). The van der Waals surface area contributed by atoms with Crippen LogP contribution in [-0.2, 0) is 17.9 Å². The number of hydrogen-bond donors (Lipinski definition) is 2.